The normalized spacial score (nSPS) is 13.1. The number of nitrogens with zero attached hydrogens (tertiary/aromatic N) is 5. The van der Waals surface area contributed by atoms with E-state index in [0.29, 0.717) is 52.3 Å². The number of pyridine rings is 1. The van der Waals surface area contributed by atoms with E-state index in [4.69, 9.17) is 19.7 Å². The van der Waals surface area contributed by atoms with Gasteiger partial charge in [-0.1, -0.05) is 12.1 Å². The Morgan fingerprint density at radius 3 is 2.57 bits per heavy atom. The minimum atomic E-state index is -0.660. The molecule has 6 rings (SSSR count). The van der Waals surface area contributed by atoms with Crippen molar-refractivity contribution in [1.82, 2.24) is 19.9 Å². The number of amides is 1. The van der Waals surface area contributed by atoms with Crippen molar-refractivity contribution < 1.29 is 23.0 Å². The molecule has 1 fully saturated rings. The quantitative estimate of drug-likeness (QED) is 0.177. The van der Waals surface area contributed by atoms with Crippen LogP contribution in [-0.2, 0) is 19.6 Å². The van der Waals surface area contributed by atoms with Crippen molar-refractivity contribution in [2.75, 3.05) is 14.2 Å². The smallest absolute Gasteiger partial charge is 0.251 e. The number of nitrogens with one attached hydrogen (secondary N) is 1. The van der Waals surface area contributed by atoms with Gasteiger partial charge in [0.15, 0.2) is 0 Å². The van der Waals surface area contributed by atoms with Crippen molar-refractivity contribution in [3.63, 3.8) is 0 Å². The molecule has 0 atom stereocenters. The maximum Gasteiger partial charge on any atom is 0.251 e. The zero-order chi connectivity index (χ0) is 33.1. The van der Waals surface area contributed by atoms with Gasteiger partial charge in [0.05, 0.1) is 41.5 Å². The molecule has 1 saturated carbocycles. The molecule has 5 aromatic rings. The van der Waals surface area contributed by atoms with Crippen LogP contribution < -0.4 is 14.8 Å². The molecule has 11 heteroatoms. The van der Waals surface area contributed by atoms with Crippen LogP contribution in [0, 0.1) is 39.7 Å². The highest BCUT2D eigenvalue weighted by Crippen LogP contribution is 2.50. The maximum absolute atomic E-state index is 15.7. The van der Waals surface area contributed by atoms with E-state index in [-0.39, 0.29) is 47.1 Å². The summed E-state index contributed by atoms with van der Waals surface area (Å²) < 4.78 is 44.5. The number of benzene rings is 3. The van der Waals surface area contributed by atoms with Crippen LogP contribution >= 0.6 is 0 Å². The van der Waals surface area contributed by atoms with Crippen molar-refractivity contribution in [3.8, 4) is 35.0 Å². The van der Waals surface area contributed by atoms with Crippen LogP contribution in [0.2, 0.25) is 0 Å². The Morgan fingerprint density at radius 1 is 1.02 bits per heavy atom. The van der Waals surface area contributed by atoms with Crippen LogP contribution in [0.15, 0.2) is 66.7 Å². The van der Waals surface area contributed by atoms with E-state index in [9.17, 15) is 10.1 Å². The third-order valence-corrected chi connectivity index (χ3v) is 8.50. The van der Waals surface area contributed by atoms with Crippen LogP contribution in [0.4, 0.5) is 8.78 Å². The fraction of sp³-hybridized carbons (Fsp3) is 0.250. The maximum atomic E-state index is 15.7. The lowest BCUT2D eigenvalue weighted by molar-refractivity contribution is 0.0963. The van der Waals surface area contributed by atoms with Gasteiger partial charge in [-0.3, -0.25) is 4.79 Å². The first kappa shape index (κ1) is 31.2. The summed E-state index contributed by atoms with van der Waals surface area (Å²) in [6, 6.07) is 21.6. The molecular formula is C36H30F2N6O3. The average molecular weight is 633 g/mol. The summed E-state index contributed by atoms with van der Waals surface area (Å²) in [7, 11) is 3.05. The summed E-state index contributed by atoms with van der Waals surface area (Å²) in [5, 5.41) is 21.2. The van der Waals surface area contributed by atoms with Crippen molar-refractivity contribution in [2.24, 2.45) is 5.41 Å². The molecule has 0 aliphatic heterocycles. The summed E-state index contributed by atoms with van der Waals surface area (Å²) >= 11 is 0. The molecule has 1 N–H and O–H groups in total. The molecule has 2 aromatic heterocycles. The zero-order valence-corrected chi connectivity index (χ0v) is 25.8. The Morgan fingerprint density at radius 2 is 1.85 bits per heavy atom. The van der Waals surface area contributed by atoms with Crippen molar-refractivity contribution >= 4 is 16.9 Å². The van der Waals surface area contributed by atoms with Gasteiger partial charge in [0, 0.05) is 54.6 Å². The summed E-state index contributed by atoms with van der Waals surface area (Å²) in [5.41, 5.74) is 2.98. The monoisotopic (exact) mass is 632 g/mol. The van der Waals surface area contributed by atoms with E-state index in [0.717, 1.165) is 25.0 Å². The van der Waals surface area contributed by atoms with Crippen LogP contribution in [-0.4, -0.2) is 34.6 Å². The zero-order valence-electron chi connectivity index (χ0n) is 25.8. The molecule has 0 unspecified atom stereocenters. The van der Waals surface area contributed by atoms with E-state index >= 15 is 8.78 Å². The molecule has 2 heterocycles. The number of carbonyl (C=O) groups is 1. The molecule has 236 valence electrons. The predicted molar refractivity (Wildman–Crippen MR) is 169 cm³/mol. The number of carbonyl (C=O) groups excluding carboxylic acids is 1. The number of methoxy groups -OCH3 is 1. The third-order valence-electron chi connectivity index (χ3n) is 8.50. The molecule has 1 aliphatic carbocycles. The largest absolute Gasteiger partial charge is 0.496 e. The Bertz CT molecular complexity index is 2090. The molecule has 0 bridgehead atoms. The Hall–Kier alpha value is -5.81. The molecule has 0 spiro atoms. The minimum Gasteiger partial charge on any atom is -0.496 e. The summed E-state index contributed by atoms with van der Waals surface area (Å²) in [4.78, 5) is 21.5. The highest BCUT2D eigenvalue weighted by atomic mass is 19.1. The predicted octanol–water partition coefficient (Wildman–Crippen LogP) is 6.48. The third kappa shape index (κ3) is 6.47. The van der Waals surface area contributed by atoms with E-state index in [1.165, 1.54) is 7.11 Å². The summed E-state index contributed by atoms with van der Waals surface area (Å²) in [6.07, 6.45) is 2.13. The lowest BCUT2D eigenvalue weighted by Gasteiger charge is -2.16. The van der Waals surface area contributed by atoms with E-state index in [1.807, 2.05) is 4.57 Å². The number of rotatable bonds is 11. The van der Waals surface area contributed by atoms with Gasteiger partial charge in [-0.2, -0.15) is 10.5 Å². The second-order valence-electron chi connectivity index (χ2n) is 11.6. The Kier molecular flexibility index (Phi) is 8.55. The molecule has 0 radical (unpaired) electrons. The van der Waals surface area contributed by atoms with Crippen LogP contribution in [0.5, 0.6) is 11.6 Å². The first-order chi connectivity index (χ1) is 22.8. The van der Waals surface area contributed by atoms with Crippen LogP contribution in [0.3, 0.4) is 0 Å². The highest BCUT2D eigenvalue weighted by molar-refractivity contribution is 5.97. The number of fused-ring (bicyclic) bond motifs is 1. The van der Waals surface area contributed by atoms with Gasteiger partial charge in [0.25, 0.3) is 5.91 Å². The van der Waals surface area contributed by atoms with Gasteiger partial charge in [0.2, 0.25) is 5.88 Å². The number of nitriles is 2. The van der Waals surface area contributed by atoms with Gasteiger partial charge >= 0.3 is 0 Å². The molecule has 3 aromatic carbocycles. The molecule has 47 heavy (non-hydrogen) atoms. The number of hydrogen-bond acceptors (Lipinski definition) is 7. The minimum absolute atomic E-state index is 0.00133. The van der Waals surface area contributed by atoms with E-state index in [2.05, 4.69) is 22.4 Å². The Balaban J connectivity index is 1.28. The number of halogens is 2. The molecular weight excluding hydrogens is 602 g/mol. The fourth-order valence-corrected chi connectivity index (χ4v) is 5.66. The molecule has 1 amide bonds. The topological polar surface area (TPSA) is 126 Å². The standard InChI is InChI=1S/C36H30F2N6O3/c1-41-35(45)23-8-9-30-31(16-23)44(21-36(10-11-36)12-13-39)33(42-30)17-25-15-28(38)26(18-27(25)37)29-4-3-5-34(43-29)47-20-24-7-6-22(19-40)14-32(24)46-2/h3-9,14-16,18H,10-12,17,20-21H2,1-2H3,(H,41,45). The van der Waals surface area contributed by atoms with E-state index < -0.39 is 11.6 Å². The second kappa shape index (κ2) is 12.9. The molecule has 1 aliphatic rings. The lowest BCUT2D eigenvalue weighted by Crippen LogP contribution is -2.18. The summed E-state index contributed by atoms with van der Waals surface area (Å²) in [5.74, 6) is -0.334. The van der Waals surface area contributed by atoms with Gasteiger partial charge < -0.3 is 19.4 Å². The van der Waals surface area contributed by atoms with Crippen LogP contribution in [0.1, 0.15) is 52.1 Å². The first-order valence-electron chi connectivity index (χ1n) is 15.0. The second-order valence-corrected chi connectivity index (χ2v) is 11.6. The lowest BCUT2D eigenvalue weighted by atomic mass is 10.0. The molecule has 9 nitrogen and oxygen atoms in total. The van der Waals surface area contributed by atoms with Gasteiger partial charge in [-0.15, -0.1) is 0 Å². The van der Waals surface area contributed by atoms with Gasteiger partial charge in [-0.05, 0) is 66.9 Å². The molecule has 0 saturated heterocycles. The SMILES string of the molecule is CNC(=O)c1ccc2nc(Cc3cc(F)c(-c4cccc(OCc5ccc(C#N)cc5OC)n4)cc3F)n(CC3(CC#N)CC3)c2c1. The van der Waals surface area contributed by atoms with Crippen molar-refractivity contribution in [1.29, 1.82) is 10.5 Å². The average Bonchev–Trinajstić information content (AvgIpc) is 3.77. The number of aromatic nitrogens is 3. The Labute approximate surface area is 270 Å². The fourth-order valence-electron chi connectivity index (χ4n) is 5.66. The van der Waals surface area contributed by atoms with Crippen LogP contribution in [0.25, 0.3) is 22.3 Å². The van der Waals surface area contributed by atoms with Crippen molar-refractivity contribution in [2.45, 2.75) is 38.8 Å². The van der Waals surface area contributed by atoms with Crippen molar-refractivity contribution in [3.05, 3.63) is 106 Å². The number of imidazole rings is 1. The summed E-state index contributed by atoms with van der Waals surface area (Å²) in [6.45, 7) is 0.569. The first-order valence-corrected chi connectivity index (χ1v) is 15.0. The number of ether oxygens (including phenoxy) is 2. The highest BCUT2D eigenvalue weighted by Gasteiger charge is 2.43. The van der Waals surface area contributed by atoms with Gasteiger partial charge in [-0.25, -0.2) is 18.7 Å². The van der Waals surface area contributed by atoms with Gasteiger partial charge in [0.1, 0.15) is 29.8 Å². The number of hydrogen-bond donors (Lipinski definition) is 1. The van der Waals surface area contributed by atoms with E-state index in [1.54, 1.807) is 61.6 Å².